The van der Waals surface area contributed by atoms with Crippen LogP contribution in [0.3, 0.4) is 0 Å². The van der Waals surface area contributed by atoms with Crippen LogP contribution >= 0.6 is 0 Å². The van der Waals surface area contributed by atoms with Crippen molar-refractivity contribution < 1.29 is 24.5 Å². The van der Waals surface area contributed by atoms with E-state index in [1.165, 1.54) is 12.1 Å². The molecule has 0 saturated heterocycles. The molecule has 0 saturated carbocycles. The zero-order valence-corrected chi connectivity index (χ0v) is 8.34. The molecule has 1 aromatic carbocycles. The number of nitrogens with two attached hydrogens (primary N) is 1. The van der Waals surface area contributed by atoms with Crippen molar-refractivity contribution in [3.8, 4) is 17.2 Å². The molecule has 16 heavy (non-hydrogen) atoms. The Morgan fingerprint density at radius 2 is 2.25 bits per heavy atom. The highest BCUT2D eigenvalue weighted by molar-refractivity contribution is 5.77. The van der Waals surface area contributed by atoms with Gasteiger partial charge in [-0.15, -0.1) is 0 Å². The molecule has 86 valence electrons. The Labute approximate surface area is 91.2 Å². The zero-order valence-electron chi connectivity index (χ0n) is 8.34. The van der Waals surface area contributed by atoms with Crippen molar-refractivity contribution in [3.63, 3.8) is 0 Å². The maximum absolute atomic E-state index is 10.9. The van der Waals surface area contributed by atoms with Gasteiger partial charge in [-0.25, -0.2) is 0 Å². The molecule has 6 nitrogen and oxygen atoms in total. The minimum absolute atomic E-state index is 0.0205. The number of carbonyl (C=O) groups is 1. The fourth-order valence-electron chi connectivity index (χ4n) is 1.59. The molecule has 1 aliphatic heterocycles. The molecule has 0 aromatic heterocycles. The van der Waals surface area contributed by atoms with Crippen LogP contribution in [0.5, 0.6) is 17.2 Å². The Balaban J connectivity index is 2.43. The summed E-state index contributed by atoms with van der Waals surface area (Å²) >= 11 is 0. The number of phenols is 1. The van der Waals surface area contributed by atoms with Crippen LogP contribution in [0.1, 0.15) is 11.5 Å². The fraction of sp³-hybridized carbons (Fsp3) is 0.300. The predicted molar refractivity (Wildman–Crippen MR) is 53.7 cm³/mol. The van der Waals surface area contributed by atoms with E-state index in [1.807, 2.05) is 0 Å². The van der Waals surface area contributed by atoms with E-state index in [0.717, 1.165) is 0 Å². The van der Waals surface area contributed by atoms with Gasteiger partial charge in [-0.3, -0.25) is 4.79 Å². The predicted octanol–water partition coefficient (Wildman–Crippen LogP) is 0.248. The molecule has 1 unspecified atom stereocenters. The van der Waals surface area contributed by atoms with Gasteiger partial charge in [0.15, 0.2) is 11.5 Å². The molecule has 0 bridgehead atoms. The molecule has 6 heteroatoms. The Morgan fingerprint density at radius 3 is 2.88 bits per heavy atom. The smallest absolute Gasteiger partial charge is 0.312 e. The number of benzene rings is 1. The Morgan fingerprint density at radius 1 is 1.50 bits per heavy atom. The summed E-state index contributed by atoms with van der Waals surface area (Å²) in [5, 5.41) is 18.5. The molecule has 4 N–H and O–H groups in total. The van der Waals surface area contributed by atoms with Crippen LogP contribution in [0.2, 0.25) is 0 Å². The standard InChI is InChI=1S/C10H11NO5/c11-3-6(10(13)14)5-1-7(12)9-8(2-5)15-4-16-9/h1-2,6,12H,3-4,11H2,(H,13,14). The third-order valence-electron chi connectivity index (χ3n) is 2.41. The van der Waals surface area contributed by atoms with Gasteiger partial charge in [-0.05, 0) is 17.7 Å². The van der Waals surface area contributed by atoms with Crippen molar-refractivity contribution in [2.45, 2.75) is 5.92 Å². The summed E-state index contributed by atoms with van der Waals surface area (Å²) in [6.45, 7) is -0.0267. The molecule has 0 fully saturated rings. The van der Waals surface area contributed by atoms with Crippen LogP contribution in [0.4, 0.5) is 0 Å². The highest BCUT2D eigenvalue weighted by Crippen LogP contribution is 2.42. The van der Waals surface area contributed by atoms with E-state index >= 15 is 0 Å². The third kappa shape index (κ3) is 1.63. The van der Waals surface area contributed by atoms with Crippen molar-refractivity contribution in [1.29, 1.82) is 0 Å². The Kier molecular flexibility index (Phi) is 2.57. The maximum atomic E-state index is 10.9. The first kappa shape index (κ1) is 10.6. The lowest BCUT2D eigenvalue weighted by Crippen LogP contribution is -2.21. The summed E-state index contributed by atoms with van der Waals surface area (Å²) in [6.07, 6.45) is 0. The summed E-state index contributed by atoms with van der Waals surface area (Å²) in [6, 6.07) is 2.85. The third-order valence-corrected chi connectivity index (χ3v) is 2.41. The van der Waals surface area contributed by atoms with Crippen LogP contribution in [-0.2, 0) is 4.79 Å². The lowest BCUT2D eigenvalue weighted by molar-refractivity contribution is -0.138. The number of hydrogen-bond acceptors (Lipinski definition) is 5. The van der Waals surface area contributed by atoms with Gasteiger partial charge >= 0.3 is 5.97 Å². The van der Waals surface area contributed by atoms with E-state index in [2.05, 4.69) is 0 Å². The van der Waals surface area contributed by atoms with Gasteiger partial charge in [-0.1, -0.05) is 0 Å². The molecule has 0 aliphatic carbocycles. The van der Waals surface area contributed by atoms with Crippen LogP contribution in [0, 0.1) is 0 Å². The number of hydrogen-bond donors (Lipinski definition) is 3. The molecule has 1 atom stereocenters. The summed E-state index contributed by atoms with van der Waals surface area (Å²) in [5.74, 6) is -1.45. The minimum atomic E-state index is -1.04. The number of aromatic hydroxyl groups is 1. The average Bonchev–Trinajstić information content (AvgIpc) is 2.66. The lowest BCUT2D eigenvalue weighted by Gasteiger charge is -2.11. The van der Waals surface area contributed by atoms with E-state index in [1.54, 1.807) is 0 Å². The minimum Gasteiger partial charge on any atom is -0.504 e. The molecular weight excluding hydrogens is 214 g/mol. The van der Waals surface area contributed by atoms with E-state index < -0.39 is 11.9 Å². The van der Waals surface area contributed by atoms with Crippen molar-refractivity contribution in [3.05, 3.63) is 17.7 Å². The number of rotatable bonds is 3. The van der Waals surface area contributed by atoms with Crippen molar-refractivity contribution >= 4 is 5.97 Å². The Bertz CT molecular complexity index is 431. The van der Waals surface area contributed by atoms with Crippen molar-refractivity contribution in [2.75, 3.05) is 13.3 Å². The maximum Gasteiger partial charge on any atom is 0.312 e. The van der Waals surface area contributed by atoms with Crippen LogP contribution in [-0.4, -0.2) is 29.5 Å². The molecule has 0 amide bonds. The molecule has 1 heterocycles. The number of phenolic OH excluding ortho intramolecular Hbond substituents is 1. The van der Waals surface area contributed by atoms with E-state index in [0.29, 0.717) is 11.3 Å². The molecule has 0 spiro atoms. The zero-order chi connectivity index (χ0) is 11.7. The summed E-state index contributed by atoms with van der Waals surface area (Å²) in [5.41, 5.74) is 5.77. The second-order valence-corrected chi connectivity index (χ2v) is 3.40. The Hall–Kier alpha value is -1.95. The first-order valence-electron chi connectivity index (χ1n) is 4.69. The molecule has 2 rings (SSSR count). The number of carboxylic acids is 1. The first-order chi connectivity index (χ1) is 7.63. The number of ether oxygens (including phenoxy) is 2. The highest BCUT2D eigenvalue weighted by Gasteiger charge is 2.24. The van der Waals surface area contributed by atoms with Gasteiger partial charge < -0.3 is 25.4 Å². The highest BCUT2D eigenvalue weighted by atomic mass is 16.7. The number of aliphatic carboxylic acids is 1. The van der Waals surface area contributed by atoms with Gasteiger partial charge in [0.2, 0.25) is 12.5 Å². The lowest BCUT2D eigenvalue weighted by atomic mass is 9.98. The van der Waals surface area contributed by atoms with E-state index in [4.69, 9.17) is 20.3 Å². The second-order valence-electron chi connectivity index (χ2n) is 3.40. The van der Waals surface area contributed by atoms with E-state index in [9.17, 15) is 9.90 Å². The van der Waals surface area contributed by atoms with Crippen LogP contribution in [0.15, 0.2) is 12.1 Å². The summed E-state index contributed by atoms with van der Waals surface area (Å²) in [4.78, 5) is 10.9. The SMILES string of the molecule is NCC(C(=O)O)c1cc(O)c2c(c1)OCO2. The van der Waals surface area contributed by atoms with Gasteiger partial charge in [-0.2, -0.15) is 0 Å². The largest absolute Gasteiger partial charge is 0.504 e. The topological polar surface area (TPSA) is 102 Å². The molecular formula is C10H11NO5. The van der Waals surface area contributed by atoms with Crippen molar-refractivity contribution in [2.24, 2.45) is 5.73 Å². The van der Waals surface area contributed by atoms with Gasteiger partial charge in [0, 0.05) is 6.54 Å². The van der Waals surface area contributed by atoms with Crippen LogP contribution < -0.4 is 15.2 Å². The summed E-state index contributed by atoms with van der Waals surface area (Å²) in [7, 11) is 0. The average molecular weight is 225 g/mol. The van der Waals surface area contributed by atoms with E-state index in [-0.39, 0.29) is 24.8 Å². The number of carboxylic acid groups (broad SMARTS) is 1. The molecule has 1 aliphatic rings. The summed E-state index contributed by atoms with van der Waals surface area (Å²) < 4.78 is 10.1. The first-order valence-corrected chi connectivity index (χ1v) is 4.69. The van der Waals surface area contributed by atoms with Crippen LogP contribution in [0.25, 0.3) is 0 Å². The van der Waals surface area contributed by atoms with Gasteiger partial charge in [0.05, 0.1) is 5.92 Å². The monoisotopic (exact) mass is 225 g/mol. The van der Waals surface area contributed by atoms with Crippen molar-refractivity contribution in [1.82, 2.24) is 0 Å². The molecule has 0 radical (unpaired) electrons. The second kappa shape index (κ2) is 3.90. The fourth-order valence-corrected chi connectivity index (χ4v) is 1.59. The molecule has 1 aromatic rings. The van der Waals surface area contributed by atoms with Gasteiger partial charge in [0.25, 0.3) is 0 Å². The number of fused-ring (bicyclic) bond motifs is 1. The quantitative estimate of drug-likeness (QED) is 0.681. The normalized spacial score (nSPS) is 14.8. The van der Waals surface area contributed by atoms with Gasteiger partial charge in [0.1, 0.15) is 0 Å².